The number of carbonyl (C=O) groups excluding carboxylic acids is 1. The van der Waals surface area contributed by atoms with Crippen molar-refractivity contribution in [2.75, 3.05) is 5.32 Å². The summed E-state index contributed by atoms with van der Waals surface area (Å²) in [6.07, 6.45) is -0.615. The Morgan fingerprint density at radius 1 is 1.29 bits per heavy atom. The Morgan fingerprint density at radius 2 is 2.05 bits per heavy atom. The molecule has 3 nitrogen and oxygen atoms in total. The molecule has 0 spiro atoms. The molecule has 1 amide bonds. The number of rotatable bonds is 5. The SMILES string of the molecule is CC(Oc1cccc(Cl)c1)C(=O)Nc1cccc(CBr)c1. The number of benzene rings is 2. The van der Waals surface area contributed by atoms with Crippen molar-refractivity contribution in [3.63, 3.8) is 0 Å². The largest absolute Gasteiger partial charge is 0.481 e. The van der Waals surface area contributed by atoms with Crippen LogP contribution in [0.25, 0.3) is 0 Å². The van der Waals surface area contributed by atoms with Gasteiger partial charge in [-0.3, -0.25) is 4.79 Å². The second-order valence-corrected chi connectivity index (χ2v) is 5.54. The number of nitrogens with one attached hydrogen (secondary N) is 1. The second-order valence-electron chi connectivity index (χ2n) is 4.54. The fourth-order valence-electron chi connectivity index (χ4n) is 1.77. The number of anilines is 1. The summed E-state index contributed by atoms with van der Waals surface area (Å²) in [6, 6.07) is 14.6. The van der Waals surface area contributed by atoms with Gasteiger partial charge in [0, 0.05) is 16.0 Å². The Labute approximate surface area is 137 Å². The van der Waals surface area contributed by atoms with Crippen molar-refractivity contribution in [3.05, 3.63) is 59.1 Å². The fraction of sp³-hybridized carbons (Fsp3) is 0.188. The number of halogens is 2. The molecule has 0 radical (unpaired) electrons. The van der Waals surface area contributed by atoms with Crippen molar-refractivity contribution < 1.29 is 9.53 Å². The van der Waals surface area contributed by atoms with E-state index in [2.05, 4.69) is 21.2 Å². The maximum absolute atomic E-state index is 12.1. The standard InChI is InChI=1S/C16H15BrClNO2/c1-11(21-15-7-3-5-13(18)9-15)16(20)19-14-6-2-4-12(8-14)10-17/h2-9,11H,10H2,1H3,(H,19,20). The molecule has 21 heavy (non-hydrogen) atoms. The van der Waals surface area contributed by atoms with Gasteiger partial charge in [0.15, 0.2) is 6.10 Å². The van der Waals surface area contributed by atoms with Gasteiger partial charge in [-0.2, -0.15) is 0 Å². The summed E-state index contributed by atoms with van der Waals surface area (Å²) < 4.78 is 5.58. The van der Waals surface area contributed by atoms with Crippen LogP contribution in [-0.4, -0.2) is 12.0 Å². The van der Waals surface area contributed by atoms with E-state index in [4.69, 9.17) is 16.3 Å². The van der Waals surface area contributed by atoms with Gasteiger partial charge in [-0.05, 0) is 42.8 Å². The normalized spacial score (nSPS) is 11.8. The van der Waals surface area contributed by atoms with Gasteiger partial charge in [-0.25, -0.2) is 0 Å². The van der Waals surface area contributed by atoms with Crippen LogP contribution in [0.5, 0.6) is 5.75 Å². The van der Waals surface area contributed by atoms with Crippen LogP contribution in [0.1, 0.15) is 12.5 Å². The summed E-state index contributed by atoms with van der Waals surface area (Å²) in [5.41, 5.74) is 1.84. The van der Waals surface area contributed by atoms with Crippen molar-refractivity contribution >= 4 is 39.1 Å². The molecule has 0 saturated heterocycles. The Hall–Kier alpha value is -1.52. The molecule has 1 N–H and O–H groups in total. The number of hydrogen-bond acceptors (Lipinski definition) is 2. The third kappa shape index (κ3) is 4.76. The van der Waals surface area contributed by atoms with Crippen molar-refractivity contribution in [1.29, 1.82) is 0 Å². The van der Waals surface area contributed by atoms with Gasteiger partial charge in [0.1, 0.15) is 5.75 Å². The molecule has 5 heteroatoms. The lowest BCUT2D eigenvalue weighted by molar-refractivity contribution is -0.122. The molecule has 0 bridgehead atoms. The zero-order chi connectivity index (χ0) is 15.2. The highest BCUT2D eigenvalue weighted by Crippen LogP contribution is 2.19. The molecule has 0 heterocycles. The van der Waals surface area contributed by atoms with Crippen LogP contribution < -0.4 is 10.1 Å². The molecular formula is C16H15BrClNO2. The number of hydrogen-bond donors (Lipinski definition) is 1. The van der Waals surface area contributed by atoms with E-state index in [1.165, 1.54) is 0 Å². The lowest BCUT2D eigenvalue weighted by Crippen LogP contribution is -2.30. The van der Waals surface area contributed by atoms with Crippen molar-refractivity contribution in [2.24, 2.45) is 0 Å². The smallest absolute Gasteiger partial charge is 0.265 e. The van der Waals surface area contributed by atoms with E-state index in [1.54, 1.807) is 31.2 Å². The van der Waals surface area contributed by atoms with E-state index >= 15 is 0 Å². The van der Waals surface area contributed by atoms with Gasteiger partial charge in [0.05, 0.1) is 0 Å². The van der Waals surface area contributed by atoms with Crippen molar-refractivity contribution in [2.45, 2.75) is 18.4 Å². The predicted octanol–water partition coefficient (Wildman–Crippen LogP) is 4.64. The molecule has 1 unspecified atom stereocenters. The highest BCUT2D eigenvalue weighted by Gasteiger charge is 2.15. The predicted molar refractivity (Wildman–Crippen MR) is 89.2 cm³/mol. The van der Waals surface area contributed by atoms with Gasteiger partial charge < -0.3 is 10.1 Å². The summed E-state index contributed by atoms with van der Waals surface area (Å²) >= 11 is 9.27. The zero-order valence-corrected chi connectivity index (χ0v) is 13.8. The van der Waals surface area contributed by atoms with Crippen LogP contribution in [0, 0.1) is 0 Å². The molecule has 0 aromatic heterocycles. The first-order valence-electron chi connectivity index (χ1n) is 6.46. The molecule has 1 atom stereocenters. The average Bonchev–Trinajstić information content (AvgIpc) is 2.47. The minimum absolute atomic E-state index is 0.207. The Morgan fingerprint density at radius 3 is 2.76 bits per heavy atom. The van der Waals surface area contributed by atoms with Crippen molar-refractivity contribution in [3.8, 4) is 5.75 Å². The minimum Gasteiger partial charge on any atom is -0.481 e. The fourth-order valence-corrected chi connectivity index (χ4v) is 2.30. The second kappa shape index (κ2) is 7.48. The van der Waals surface area contributed by atoms with E-state index in [1.807, 2.05) is 24.3 Å². The molecule has 0 aliphatic heterocycles. The quantitative estimate of drug-likeness (QED) is 0.781. The third-order valence-electron chi connectivity index (χ3n) is 2.83. The third-order valence-corrected chi connectivity index (χ3v) is 3.71. The first-order chi connectivity index (χ1) is 10.1. The Balaban J connectivity index is 1.99. The first-order valence-corrected chi connectivity index (χ1v) is 7.96. The molecule has 0 saturated carbocycles. The minimum atomic E-state index is -0.615. The maximum Gasteiger partial charge on any atom is 0.265 e. The number of amides is 1. The summed E-state index contributed by atoms with van der Waals surface area (Å²) in [6.45, 7) is 1.70. The summed E-state index contributed by atoms with van der Waals surface area (Å²) in [7, 11) is 0. The van der Waals surface area contributed by atoms with Crippen LogP contribution >= 0.6 is 27.5 Å². The van der Waals surface area contributed by atoms with Crippen molar-refractivity contribution in [1.82, 2.24) is 0 Å². The van der Waals surface area contributed by atoms with E-state index in [9.17, 15) is 4.79 Å². The molecule has 2 aromatic rings. The first kappa shape index (κ1) is 15.9. The van der Waals surface area contributed by atoms with E-state index in [-0.39, 0.29) is 5.91 Å². The van der Waals surface area contributed by atoms with Gasteiger partial charge in [-0.15, -0.1) is 0 Å². The van der Waals surface area contributed by atoms with Crippen LogP contribution in [0.3, 0.4) is 0 Å². The maximum atomic E-state index is 12.1. The molecule has 110 valence electrons. The number of ether oxygens (including phenoxy) is 1. The summed E-state index contributed by atoms with van der Waals surface area (Å²) in [5.74, 6) is 0.362. The molecule has 0 aliphatic carbocycles. The van der Waals surface area contributed by atoms with Crippen LogP contribution in [0.2, 0.25) is 5.02 Å². The van der Waals surface area contributed by atoms with Gasteiger partial charge in [0.2, 0.25) is 0 Å². The number of carbonyl (C=O) groups is 1. The highest BCUT2D eigenvalue weighted by molar-refractivity contribution is 9.08. The van der Waals surface area contributed by atoms with Gasteiger partial charge in [-0.1, -0.05) is 45.7 Å². The van der Waals surface area contributed by atoms with E-state index in [0.29, 0.717) is 10.8 Å². The molecule has 0 fully saturated rings. The Kier molecular flexibility index (Phi) is 5.65. The lowest BCUT2D eigenvalue weighted by Gasteiger charge is -2.15. The molecule has 2 aromatic carbocycles. The molecular weight excluding hydrogens is 354 g/mol. The monoisotopic (exact) mass is 367 g/mol. The topological polar surface area (TPSA) is 38.3 Å². The highest BCUT2D eigenvalue weighted by atomic mass is 79.9. The van der Waals surface area contributed by atoms with Crippen LogP contribution in [0.15, 0.2) is 48.5 Å². The van der Waals surface area contributed by atoms with E-state index in [0.717, 1.165) is 16.6 Å². The van der Waals surface area contributed by atoms with Gasteiger partial charge >= 0.3 is 0 Å². The zero-order valence-electron chi connectivity index (χ0n) is 11.5. The van der Waals surface area contributed by atoms with Crippen LogP contribution in [-0.2, 0) is 10.1 Å². The lowest BCUT2D eigenvalue weighted by atomic mass is 10.2. The van der Waals surface area contributed by atoms with E-state index < -0.39 is 6.10 Å². The summed E-state index contributed by atoms with van der Waals surface area (Å²) in [4.78, 5) is 12.1. The molecule has 0 aliphatic rings. The number of alkyl halides is 1. The average molecular weight is 369 g/mol. The van der Waals surface area contributed by atoms with Crippen LogP contribution in [0.4, 0.5) is 5.69 Å². The molecule has 2 rings (SSSR count). The summed E-state index contributed by atoms with van der Waals surface area (Å²) in [5, 5.41) is 4.15. The Bertz CT molecular complexity index is 633. The van der Waals surface area contributed by atoms with Gasteiger partial charge in [0.25, 0.3) is 5.91 Å².